The number of ether oxygens (including phenoxy) is 1. The first-order chi connectivity index (χ1) is 14.6. The van der Waals surface area contributed by atoms with Crippen LogP contribution in [0, 0.1) is 13.8 Å². The highest BCUT2D eigenvalue weighted by atomic mass is 32.2. The molecular weight excluding hydrogens is 412 g/mol. The van der Waals surface area contributed by atoms with Gasteiger partial charge in [-0.05, 0) is 32.9 Å². The molecule has 0 N–H and O–H groups in total. The van der Waals surface area contributed by atoms with E-state index in [2.05, 4.69) is 65.2 Å². The molecule has 0 aliphatic rings. The lowest BCUT2D eigenvalue weighted by atomic mass is 10.2. The van der Waals surface area contributed by atoms with Crippen LogP contribution in [0.3, 0.4) is 0 Å². The largest absolute Gasteiger partial charge is 0.486 e. The van der Waals surface area contributed by atoms with E-state index >= 15 is 0 Å². The monoisotopic (exact) mass is 436 g/mol. The molecular formula is C23H24N4OS2. The van der Waals surface area contributed by atoms with E-state index in [1.54, 1.807) is 23.1 Å². The van der Waals surface area contributed by atoms with Crippen molar-refractivity contribution < 1.29 is 4.74 Å². The second kappa shape index (κ2) is 9.45. The molecule has 154 valence electrons. The van der Waals surface area contributed by atoms with E-state index in [9.17, 15) is 0 Å². The standard InChI is InChI=1S/C23H24N4OS2/c1-4-27-21(13-28-20-11-7-17(3)8-12-20)25-26-23(27)30-15-19-14-29-22(24-19)18-9-5-16(2)6-10-18/h5-12,14H,4,13,15H2,1-3H3. The summed E-state index contributed by atoms with van der Waals surface area (Å²) >= 11 is 3.34. The number of rotatable bonds is 8. The fourth-order valence-corrected chi connectivity index (χ4v) is 4.82. The molecule has 0 aliphatic heterocycles. The third kappa shape index (κ3) is 4.91. The van der Waals surface area contributed by atoms with E-state index in [0.717, 1.165) is 45.3 Å². The molecule has 0 atom stereocenters. The van der Waals surface area contributed by atoms with Gasteiger partial charge in [0.2, 0.25) is 0 Å². The van der Waals surface area contributed by atoms with Gasteiger partial charge in [0, 0.05) is 23.2 Å². The molecule has 4 rings (SSSR count). The maximum atomic E-state index is 5.88. The molecule has 0 bridgehead atoms. The SMILES string of the molecule is CCn1c(COc2ccc(C)cc2)nnc1SCc1csc(-c2ccc(C)cc2)n1. The first-order valence-electron chi connectivity index (χ1n) is 9.88. The van der Waals surface area contributed by atoms with Crippen molar-refractivity contribution in [2.24, 2.45) is 0 Å². The van der Waals surface area contributed by atoms with Crippen LogP contribution in [0.2, 0.25) is 0 Å². The summed E-state index contributed by atoms with van der Waals surface area (Å²) in [4.78, 5) is 4.79. The molecule has 0 fully saturated rings. The summed E-state index contributed by atoms with van der Waals surface area (Å²) in [5, 5.41) is 12.8. The molecule has 2 heterocycles. The van der Waals surface area contributed by atoms with Crippen molar-refractivity contribution in [1.82, 2.24) is 19.7 Å². The maximum Gasteiger partial charge on any atom is 0.191 e. The Morgan fingerprint density at radius 1 is 0.967 bits per heavy atom. The molecule has 0 spiro atoms. The molecule has 0 radical (unpaired) electrons. The van der Waals surface area contributed by atoms with Crippen LogP contribution in [0.1, 0.15) is 29.6 Å². The Morgan fingerprint density at radius 2 is 1.67 bits per heavy atom. The van der Waals surface area contributed by atoms with Gasteiger partial charge in [-0.25, -0.2) is 4.98 Å². The topological polar surface area (TPSA) is 52.8 Å². The highest BCUT2D eigenvalue weighted by Gasteiger charge is 2.13. The average molecular weight is 437 g/mol. The van der Waals surface area contributed by atoms with Gasteiger partial charge in [0.1, 0.15) is 17.4 Å². The lowest BCUT2D eigenvalue weighted by molar-refractivity contribution is 0.288. The number of thioether (sulfide) groups is 1. The molecule has 4 aromatic rings. The zero-order valence-electron chi connectivity index (χ0n) is 17.3. The highest BCUT2D eigenvalue weighted by Crippen LogP contribution is 2.28. The first-order valence-corrected chi connectivity index (χ1v) is 11.7. The van der Waals surface area contributed by atoms with Crippen molar-refractivity contribution in [3.63, 3.8) is 0 Å². The van der Waals surface area contributed by atoms with E-state index in [-0.39, 0.29) is 0 Å². The quantitative estimate of drug-likeness (QED) is 0.321. The van der Waals surface area contributed by atoms with Crippen LogP contribution in [0.4, 0.5) is 0 Å². The Hall–Kier alpha value is -2.64. The maximum absolute atomic E-state index is 5.88. The smallest absolute Gasteiger partial charge is 0.191 e. The summed E-state index contributed by atoms with van der Waals surface area (Å²) in [5.74, 6) is 2.44. The molecule has 0 unspecified atom stereocenters. The van der Waals surface area contributed by atoms with Gasteiger partial charge in [-0.15, -0.1) is 21.5 Å². The van der Waals surface area contributed by atoms with E-state index < -0.39 is 0 Å². The number of hydrogen-bond donors (Lipinski definition) is 0. The number of hydrogen-bond acceptors (Lipinski definition) is 6. The van der Waals surface area contributed by atoms with E-state index in [4.69, 9.17) is 9.72 Å². The zero-order chi connectivity index (χ0) is 20.9. The summed E-state index contributed by atoms with van der Waals surface area (Å²) in [5.41, 5.74) is 4.69. The predicted molar refractivity (Wildman–Crippen MR) is 123 cm³/mol. The van der Waals surface area contributed by atoms with Crippen LogP contribution in [0.25, 0.3) is 10.6 Å². The number of aromatic nitrogens is 4. The fourth-order valence-electron chi connectivity index (χ4n) is 2.97. The van der Waals surface area contributed by atoms with Crippen LogP contribution in [0.15, 0.2) is 59.1 Å². The molecule has 2 aromatic carbocycles. The third-order valence-corrected chi connectivity index (χ3v) is 6.64. The van der Waals surface area contributed by atoms with Crippen molar-refractivity contribution in [3.8, 4) is 16.3 Å². The van der Waals surface area contributed by atoms with Gasteiger partial charge in [-0.1, -0.05) is 59.3 Å². The van der Waals surface area contributed by atoms with Gasteiger partial charge in [-0.3, -0.25) is 0 Å². The van der Waals surface area contributed by atoms with E-state index in [1.807, 2.05) is 24.3 Å². The lowest BCUT2D eigenvalue weighted by Gasteiger charge is -2.08. The summed E-state index contributed by atoms with van der Waals surface area (Å²) in [6.45, 7) is 7.46. The summed E-state index contributed by atoms with van der Waals surface area (Å²) < 4.78 is 7.99. The molecule has 0 saturated carbocycles. The Balaban J connectivity index is 1.39. The van der Waals surface area contributed by atoms with E-state index in [1.165, 1.54) is 11.1 Å². The van der Waals surface area contributed by atoms with Gasteiger partial charge in [0.15, 0.2) is 11.0 Å². The summed E-state index contributed by atoms with van der Waals surface area (Å²) in [6.07, 6.45) is 0. The lowest BCUT2D eigenvalue weighted by Crippen LogP contribution is -2.07. The van der Waals surface area contributed by atoms with Gasteiger partial charge >= 0.3 is 0 Å². The highest BCUT2D eigenvalue weighted by molar-refractivity contribution is 7.98. The van der Waals surface area contributed by atoms with Crippen LogP contribution < -0.4 is 4.74 Å². The van der Waals surface area contributed by atoms with Crippen molar-refractivity contribution >= 4 is 23.1 Å². The van der Waals surface area contributed by atoms with Crippen molar-refractivity contribution in [3.05, 3.63) is 76.6 Å². The molecule has 0 saturated heterocycles. The van der Waals surface area contributed by atoms with Gasteiger partial charge in [-0.2, -0.15) is 0 Å². The molecule has 2 aromatic heterocycles. The van der Waals surface area contributed by atoms with Crippen LogP contribution in [-0.4, -0.2) is 19.7 Å². The summed E-state index contributed by atoms with van der Waals surface area (Å²) in [6, 6.07) is 16.5. The van der Waals surface area contributed by atoms with E-state index in [0.29, 0.717) is 6.61 Å². The Bertz CT molecular complexity index is 1100. The minimum atomic E-state index is 0.402. The number of benzene rings is 2. The molecule has 0 amide bonds. The molecule has 5 nitrogen and oxygen atoms in total. The van der Waals surface area contributed by atoms with Crippen molar-refractivity contribution in [1.29, 1.82) is 0 Å². The minimum absolute atomic E-state index is 0.402. The molecule has 30 heavy (non-hydrogen) atoms. The van der Waals surface area contributed by atoms with Crippen LogP contribution in [0.5, 0.6) is 5.75 Å². The van der Waals surface area contributed by atoms with Gasteiger partial charge in [0.05, 0.1) is 5.69 Å². The van der Waals surface area contributed by atoms with Crippen molar-refractivity contribution in [2.45, 2.75) is 44.8 Å². The van der Waals surface area contributed by atoms with Crippen molar-refractivity contribution in [2.75, 3.05) is 0 Å². The average Bonchev–Trinajstić information content (AvgIpc) is 3.39. The van der Waals surface area contributed by atoms with Crippen LogP contribution >= 0.6 is 23.1 Å². The zero-order valence-corrected chi connectivity index (χ0v) is 19.0. The second-order valence-corrected chi connectivity index (χ2v) is 8.84. The number of thiazole rings is 1. The minimum Gasteiger partial charge on any atom is -0.486 e. The van der Waals surface area contributed by atoms with Gasteiger partial charge < -0.3 is 9.30 Å². The Morgan fingerprint density at radius 3 is 2.37 bits per heavy atom. The first kappa shape index (κ1) is 20.6. The fraction of sp³-hybridized carbons (Fsp3) is 0.261. The Kier molecular flexibility index (Phi) is 6.50. The molecule has 0 aliphatic carbocycles. The summed E-state index contributed by atoms with van der Waals surface area (Å²) in [7, 11) is 0. The normalized spacial score (nSPS) is 11.0. The van der Waals surface area contributed by atoms with Crippen LogP contribution in [-0.2, 0) is 18.9 Å². The molecule has 7 heteroatoms. The number of aryl methyl sites for hydroxylation is 2. The number of nitrogens with zero attached hydrogens (tertiary/aromatic N) is 4. The third-order valence-electron chi connectivity index (χ3n) is 4.70. The predicted octanol–water partition coefficient (Wildman–Crippen LogP) is 5.91. The Labute approximate surface area is 185 Å². The van der Waals surface area contributed by atoms with Gasteiger partial charge in [0.25, 0.3) is 0 Å². The second-order valence-electron chi connectivity index (χ2n) is 7.04.